The van der Waals surface area contributed by atoms with Crippen LogP contribution < -0.4 is 5.73 Å². The zero-order valence-electron chi connectivity index (χ0n) is 11.0. The molecule has 0 unspecified atom stereocenters. The molecule has 1 aromatic heterocycles. The van der Waals surface area contributed by atoms with E-state index < -0.39 is 17.6 Å². The molecule has 0 radical (unpaired) electrons. The van der Waals surface area contributed by atoms with Crippen LogP contribution in [0.2, 0.25) is 0 Å². The third kappa shape index (κ3) is 2.81. The number of halogens is 3. The van der Waals surface area contributed by atoms with Crippen LogP contribution in [0.1, 0.15) is 15.2 Å². The van der Waals surface area contributed by atoms with Crippen LogP contribution in [0.5, 0.6) is 0 Å². The van der Waals surface area contributed by atoms with E-state index in [1.54, 1.807) is 0 Å². The number of nitrogen functional groups attached to an aromatic ring is 1. The van der Waals surface area contributed by atoms with Gasteiger partial charge in [-0.1, -0.05) is 5.92 Å². The van der Waals surface area contributed by atoms with Gasteiger partial charge in [-0.2, -0.15) is 13.2 Å². The zero-order valence-corrected chi connectivity index (χ0v) is 11.8. The van der Waals surface area contributed by atoms with E-state index in [0.29, 0.717) is 4.70 Å². The number of hydrogen-bond acceptors (Lipinski definition) is 3. The van der Waals surface area contributed by atoms with Gasteiger partial charge in [-0.05, 0) is 18.2 Å². The highest BCUT2D eigenvalue weighted by atomic mass is 32.1. The van der Waals surface area contributed by atoms with E-state index in [-0.39, 0.29) is 22.5 Å². The van der Waals surface area contributed by atoms with Gasteiger partial charge in [0.2, 0.25) is 0 Å². The summed E-state index contributed by atoms with van der Waals surface area (Å²) in [6, 6.07) is 3.24. The first-order valence-electron chi connectivity index (χ1n) is 5.84. The van der Waals surface area contributed by atoms with Gasteiger partial charge in [-0.25, -0.2) is 0 Å². The normalized spacial score (nSPS) is 11.4. The summed E-state index contributed by atoms with van der Waals surface area (Å²) in [5, 5.41) is 0.229. The first-order chi connectivity index (χ1) is 9.75. The van der Waals surface area contributed by atoms with Crippen molar-refractivity contribution in [3.8, 4) is 12.3 Å². The second-order valence-electron chi connectivity index (χ2n) is 4.42. The van der Waals surface area contributed by atoms with Crippen molar-refractivity contribution >= 4 is 33.0 Å². The molecule has 3 nitrogen and oxygen atoms in total. The number of anilines is 1. The van der Waals surface area contributed by atoms with Gasteiger partial charge in [-0.3, -0.25) is 4.79 Å². The average molecular weight is 312 g/mol. The van der Waals surface area contributed by atoms with Gasteiger partial charge in [-0.15, -0.1) is 17.8 Å². The summed E-state index contributed by atoms with van der Waals surface area (Å²) in [7, 11) is 1.51. The Bertz CT molecular complexity index is 743. The smallest absolute Gasteiger partial charge is 0.397 e. The molecule has 2 rings (SSSR count). The highest BCUT2D eigenvalue weighted by Crippen LogP contribution is 2.38. The quantitative estimate of drug-likeness (QED) is 0.866. The van der Waals surface area contributed by atoms with Crippen molar-refractivity contribution in [1.29, 1.82) is 0 Å². The van der Waals surface area contributed by atoms with E-state index in [9.17, 15) is 18.0 Å². The van der Waals surface area contributed by atoms with Gasteiger partial charge in [0.15, 0.2) is 0 Å². The molecule has 0 aliphatic heterocycles. The van der Waals surface area contributed by atoms with Crippen LogP contribution in [0, 0.1) is 12.3 Å². The van der Waals surface area contributed by atoms with E-state index >= 15 is 0 Å². The Balaban J connectivity index is 2.52. The molecule has 0 aliphatic carbocycles. The molecule has 2 N–H and O–H groups in total. The average Bonchev–Trinajstić information content (AvgIpc) is 2.74. The van der Waals surface area contributed by atoms with Crippen molar-refractivity contribution in [1.82, 2.24) is 4.90 Å². The van der Waals surface area contributed by atoms with Crippen LogP contribution in [0.15, 0.2) is 18.2 Å². The predicted molar refractivity (Wildman–Crippen MR) is 77.0 cm³/mol. The Kier molecular flexibility index (Phi) is 3.83. The second-order valence-corrected chi connectivity index (χ2v) is 5.47. The molecular formula is C14H11F3N2OS. The van der Waals surface area contributed by atoms with Crippen LogP contribution in [0.3, 0.4) is 0 Å². The molecule has 1 heterocycles. The molecule has 110 valence electrons. The Morgan fingerprint density at radius 3 is 2.71 bits per heavy atom. The number of amides is 1. The Morgan fingerprint density at radius 1 is 1.48 bits per heavy atom. The minimum Gasteiger partial charge on any atom is -0.397 e. The summed E-state index contributed by atoms with van der Waals surface area (Å²) in [6.45, 7) is 0.0975. The number of fused-ring (bicyclic) bond motifs is 1. The highest BCUT2D eigenvalue weighted by molar-refractivity contribution is 7.21. The van der Waals surface area contributed by atoms with E-state index in [1.807, 2.05) is 0 Å². The van der Waals surface area contributed by atoms with E-state index in [2.05, 4.69) is 5.92 Å². The maximum atomic E-state index is 12.7. The summed E-state index contributed by atoms with van der Waals surface area (Å²) in [6.07, 6.45) is 0.678. The summed E-state index contributed by atoms with van der Waals surface area (Å²) in [5.41, 5.74) is 5.08. The minimum absolute atomic E-state index is 0.0509. The van der Waals surface area contributed by atoms with Crippen molar-refractivity contribution in [2.75, 3.05) is 19.3 Å². The van der Waals surface area contributed by atoms with Crippen molar-refractivity contribution in [3.05, 3.63) is 28.6 Å². The third-order valence-electron chi connectivity index (χ3n) is 2.92. The molecule has 2 aromatic rings. The lowest BCUT2D eigenvalue weighted by Gasteiger charge is -2.12. The van der Waals surface area contributed by atoms with Gasteiger partial charge in [0, 0.05) is 17.1 Å². The molecule has 0 fully saturated rings. The molecule has 1 aromatic carbocycles. The molecule has 0 bridgehead atoms. The van der Waals surface area contributed by atoms with E-state index in [4.69, 9.17) is 12.2 Å². The fourth-order valence-corrected chi connectivity index (χ4v) is 2.93. The SMILES string of the molecule is C#CCN(C)C(=O)c1sc2ccc(C(F)(F)F)cc2c1N. The summed E-state index contributed by atoms with van der Waals surface area (Å²) in [4.78, 5) is 13.6. The Hall–Kier alpha value is -2.20. The van der Waals surface area contributed by atoms with Gasteiger partial charge >= 0.3 is 6.18 Å². The Morgan fingerprint density at radius 2 is 2.14 bits per heavy atom. The number of thiophene rings is 1. The number of nitrogens with two attached hydrogens (primary N) is 1. The molecule has 7 heteroatoms. The van der Waals surface area contributed by atoms with Crippen molar-refractivity contribution < 1.29 is 18.0 Å². The summed E-state index contributed by atoms with van der Waals surface area (Å²) in [5.74, 6) is 1.92. The van der Waals surface area contributed by atoms with Gasteiger partial charge < -0.3 is 10.6 Å². The lowest BCUT2D eigenvalue weighted by molar-refractivity contribution is -0.137. The fraction of sp³-hybridized carbons (Fsp3) is 0.214. The summed E-state index contributed by atoms with van der Waals surface area (Å²) < 4.78 is 38.6. The monoisotopic (exact) mass is 312 g/mol. The molecular weight excluding hydrogens is 301 g/mol. The van der Waals surface area contributed by atoms with Crippen LogP contribution in [-0.2, 0) is 6.18 Å². The van der Waals surface area contributed by atoms with Gasteiger partial charge in [0.1, 0.15) is 4.88 Å². The van der Waals surface area contributed by atoms with Crippen molar-refractivity contribution in [3.63, 3.8) is 0 Å². The van der Waals surface area contributed by atoms with E-state index in [0.717, 1.165) is 23.5 Å². The van der Waals surface area contributed by atoms with Gasteiger partial charge in [0.05, 0.1) is 17.8 Å². The Labute approximate surface area is 123 Å². The van der Waals surface area contributed by atoms with Crippen LogP contribution in [-0.4, -0.2) is 24.4 Å². The zero-order chi connectivity index (χ0) is 15.8. The number of nitrogens with zero attached hydrogens (tertiary/aromatic N) is 1. The molecule has 0 spiro atoms. The maximum absolute atomic E-state index is 12.7. The number of carbonyl (C=O) groups is 1. The van der Waals surface area contributed by atoms with Crippen molar-refractivity contribution in [2.24, 2.45) is 0 Å². The molecule has 0 aliphatic rings. The minimum atomic E-state index is -4.45. The molecule has 1 amide bonds. The molecule has 0 saturated heterocycles. The topological polar surface area (TPSA) is 46.3 Å². The third-order valence-corrected chi connectivity index (χ3v) is 4.10. The number of alkyl halides is 3. The molecule has 0 atom stereocenters. The molecule has 21 heavy (non-hydrogen) atoms. The number of terminal acetylenes is 1. The number of carbonyl (C=O) groups excluding carboxylic acids is 1. The largest absolute Gasteiger partial charge is 0.416 e. The summed E-state index contributed by atoms with van der Waals surface area (Å²) >= 11 is 1.05. The number of rotatable bonds is 2. The first kappa shape index (κ1) is 15.2. The lowest BCUT2D eigenvalue weighted by Crippen LogP contribution is -2.26. The number of benzene rings is 1. The number of hydrogen-bond donors (Lipinski definition) is 1. The fourth-order valence-electron chi connectivity index (χ4n) is 1.83. The second kappa shape index (κ2) is 5.30. The van der Waals surface area contributed by atoms with Crippen LogP contribution >= 0.6 is 11.3 Å². The van der Waals surface area contributed by atoms with Crippen molar-refractivity contribution in [2.45, 2.75) is 6.18 Å². The van der Waals surface area contributed by atoms with E-state index in [1.165, 1.54) is 18.0 Å². The first-order valence-corrected chi connectivity index (χ1v) is 6.65. The van der Waals surface area contributed by atoms with Gasteiger partial charge in [0.25, 0.3) is 5.91 Å². The maximum Gasteiger partial charge on any atom is 0.416 e. The highest BCUT2D eigenvalue weighted by Gasteiger charge is 2.31. The molecule has 0 saturated carbocycles. The van der Waals surface area contributed by atoms with Crippen LogP contribution in [0.4, 0.5) is 18.9 Å². The predicted octanol–water partition coefficient (Wildman–Crippen LogP) is 3.21. The standard InChI is InChI=1S/C14H11F3N2OS/c1-3-6-19(2)13(20)12-11(18)9-7-8(14(15,16)17)4-5-10(9)21-12/h1,4-5,7H,6,18H2,2H3. The lowest BCUT2D eigenvalue weighted by atomic mass is 10.1. The van der Waals surface area contributed by atoms with Crippen LogP contribution in [0.25, 0.3) is 10.1 Å².